The number of carbonyl (C=O) groups is 1. The van der Waals surface area contributed by atoms with Gasteiger partial charge in [0, 0.05) is 0 Å². The zero-order valence-corrected chi connectivity index (χ0v) is 11.1. The first-order valence-corrected chi connectivity index (χ1v) is 6.99. The second-order valence-corrected chi connectivity index (χ2v) is 5.50. The van der Waals surface area contributed by atoms with Crippen LogP contribution in [0.4, 0.5) is 0 Å². The van der Waals surface area contributed by atoms with Gasteiger partial charge in [0.25, 0.3) is 0 Å². The predicted molar refractivity (Wildman–Crippen MR) is 71.0 cm³/mol. The van der Waals surface area contributed by atoms with Crippen LogP contribution >= 0.6 is 0 Å². The van der Waals surface area contributed by atoms with Gasteiger partial charge in [0.2, 0.25) is 0 Å². The third-order valence-electron chi connectivity index (χ3n) is 4.28. The van der Waals surface area contributed by atoms with Crippen LogP contribution in [-0.4, -0.2) is 11.1 Å². The molecule has 0 aromatic carbocycles. The lowest BCUT2D eigenvalue weighted by molar-refractivity contribution is -0.152. The highest BCUT2D eigenvalue weighted by molar-refractivity contribution is 5.74. The average molecular weight is 238 g/mol. The highest BCUT2D eigenvalue weighted by Gasteiger charge is 2.40. The molecular formula is C15H26O2. The summed E-state index contributed by atoms with van der Waals surface area (Å²) in [5.41, 5.74) is -0.423. The lowest BCUT2D eigenvalue weighted by Crippen LogP contribution is -2.35. The first-order chi connectivity index (χ1) is 8.14. The summed E-state index contributed by atoms with van der Waals surface area (Å²) < 4.78 is 0. The van der Waals surface area contributed by atoms with Gasteiger partial charge in [0.15, 0.2) is 0 Å². The molecule has 0 aliphatic heterocycles. The van der Waals surface area contributed by atoms with Crippen LogP contribution in [0.1, 0.15) is 64.7 Å². The normalized spacial score (nSPS) is 28.9. The quantitative estimate of drug-likeness (QED) is 0.527. The minimum absolute atomic E-state index is 0.423. The molecule has 1 saturated carbocycles. The molecule has 2 heteroatoms. The van der Waals surface area contributed by atoms with E-state index in [9.17, 15) is 9.90 Å². The highest BCUT2D eigenvalue weighted by atomic mass is 16.4. The van der Waals surface area contributed by atoms with E-state index in [-0.39, 0.29) is 0 Å². The molecule has 0 bridgehead atoms. The molecule has 0 saturated heterocycles. The van der Waals surface area contributed by atoms with Gasteiger partial charge in [-0.05, 0) is 50.9 Å². The SMILES string of the molecule is C=CCCCC1(C(=O)O)CCC(CCC)CC1. The Balaban J connectivity index is 2.51. The molecule has 1 rings (SSSR count). The summed E-state index contributed by atoms with van der Waals surface area (Å²) in [5, 5.41) is 9.48. The lowest BCUT2D eigenvalue weighted by Gasteiger charge is -2.37. The maximum atomic E-state index is 11.5. The lowest BCUT2D eigenvalue weighted by atomic mass is 9.67. The molecule has 0 spiro atoms. The first kappa shape index (κ1) is 14.3. The Morgan fingerprint density at radius 3 is 2.59 bits per heavy atom. The van der Waals surface area contributed by atoms with Gasteiger partial charge >= 0.3 is 5.97 Å². The van der Waals surface area contributed by atoms with Crippen molar-refractivity contribution in [3.8, 4) is 0 Å². The summed E-state index contributed by atoms with van der Waals surface area (Å²) >= 11 is 0. The highest BCUT2D eigenvalue weighted by Crippen LogP contribution is 2.44. The minimum atomic E-state index is -0.573. The molecule has 0 atom stereocenters. The molecule has 17 heavy (non-hydrogen) atoms. The number of allylic oxidation sites excluding steroid dienone is 1. The Hall–Kier alpha value is -0.790. The molecular weight excluding hydrogens is 212 g/mol. The molecule has 1 fully saturated rings. The van der Waals surface area contributed by atoms with E-state index in [0.717, 1.165) is 50.9 Å². The number of aliphatic carboxylic acids is 1. The van der Waals surface area contributed by atoms with E-state index in [1.54, 1.807) is 0 Å². The fraction of sp³-hybridized carbons (Fsp3) is 0.800. The summed E-state index contributed by atoms with van der Waals surface area (Å²) in [5.74, 6) is 0.198. The third-order valence-corrected chi connectivity index (χ3v) is 4.28. The summed E-state index contributed by atoms with van der Waals surface area (Å²) in [6, 6.07) is 0. The first-order valence-electron chi connectivity index (χ1n) is 6.99. The topological polar surface area (TPSA) is 37.3 Å². The van der Waals surface area contributed by atoms with Gasteiger partial charge in [-0.1, -0.05) is 25.8 Å². The van der Waals surface area contributed by atoms with Crippen LogP contribution < -0.4 is 0 Å². The van der Waals surface area contributed by atoms with Crippen molar-refractivity contribution in [2.45, 2.75) is 64.7 Å². The van der Waals surface area contributed by atoms with Crippen LogP contribution in [0.15, 0.2) is 12.7 Å². The van der Waals surface area contributed by atoms with Crippen molar-refractivity contribution in [2.75, 3.05) is 0 Å². The summed E-state index contributed by atoms with van der Waals surface area (Å²) in [4.78, 5) is 11.5. The summed E-state index contributed by atoms with van der Waals surface area (Å²) in [6.07, 6.45) is 11.1. The van der Waals surface area contributed by atoms with E-state index < -0.39 is 11.4 Å². The fourth-order valence-corrected chi connectivity index (χ4v) is 3.08. The fourth-order valence-electron chi connectivity index (χ4n) is 3.08. The minimum Gasteiger partial charge on any atom is -0.481 e. The predicted octanol–water partition coefficient (Wildman–Crippen LogP) is 4.40. The van der Waals surface area contributed by atoms with Crippen LogP contribution in [0.25, 0.3) is 0 Å². The molecule has 2 nitrogen and oxygen atoms in total. The maximum absolute atomic E-state index is 11.5. The van der Waals surface area contributed by atoms with Gasteiger partial charge in [-0.15, -0.1) is 6.58 Å². The van der Waals surface area contributed by atoms with Crippen molar-refractivity contribution in [1.29, 1.82) is 0 Å². The van der Waals surface area contributed by atoms with Crippen molar-refractivity contribution in [3.63, 3.8) is 0 Å². The van der Waals surface area contributed by atoms with E-state index >= 15 is 0 Å². The number of carboxylic acids is 1. The van der Waals surface area contributed by atoms with Gasteiger partial charge < -0.3 is 5.11 Å². The van der Waals surface area contributed by atoms with Gasteiger partial charge in [0.05, 0.1) is 5.41 Å². The number of rotatable bonds is 7. The zero-order valence-electron chi connectivity index (χ0n) is 11.1. The molecule has 0 aromatic rings. The van der Waals surface area contributed by atoms with Crippen molar-refractivity contribution in [2.24, 2.45) is 11.3 Å². The molecule has 0 amide bonds. The van der Waals surface area contributed by atoms with Gasteiger partial charge in [-0.2, -0.15) is 0 Å². The van der Waals surface area contributed by atoms with Crippen LogP contribution in [-0.2, 0) is 4.79 Å². The molecule has 98 valence electrons. The average Bonchev–Trinajstić information content (AvgIpc) is 2.32. The Morgan fingerprint density at radius 1 is 1.47 bits per heavy atom. The standard InChI is InChI=1S/C15H26O2/c1-3-5-6-10-15(14(16)17)11-8-13(7-4-2)9-12-15/h3,13H,1,4-12H2,2H3,(H,16,17). The molecule has 1 aliphatic rings. The third kappa shape index (κ3) is 3.86. The number of carboxylic acid groups (broad SMARTS) is 1. The Labute approximate surface area is 105 Å². The van der Waals surface area contributed by atoms with Crippen molar-refractivity contribution in [1.82, 2.24) is 0 Å². The second-order valence-electron chi connectivity index (χ2n) is 5.50. The number of hydrogen-bond donors (Lipinski definition) is 1. The van der Waals surface area contributed by atoms with Gasteiger partial charge in [0.1, 0.15) is 0 Å². The molecule has 0 aromatic heterocycles. The second kappa shape index (κ2) is 6.83. The smallest absolute Gasteiger partial charge is 0.309 e. The molecule has 1 aliphatic carbocycles. The van der Waals surface area contributed by atoms with Crippen molar-refractivity contribution >= 4 is 5.97 Å². The summed E-state index contributed by atoms with van der Waals surface area (Å²) in [6.45, 7) is 5.91. The largest absolute Gasteiger partial charge is 0.481 e. The Morgan fingerprint density at radius 2 is 2.12 bits per heavy atom. The molecule has 0 unspecified atom stereocenters. The van der Waals surface area contributed by atoms with Crippen LogP contribution in [0.5, 0.6) is 0 Å². The zero-order chi connectivity index (χ0) is 12.7. The molecule has 0 radical (unpaired) electrons. The van der Waals surface area contributed by atoms with Crippen LogP contribution in [0.2, 0.25) is 0 Å². The molecule has 0 heterocycles. The maximum Gasteiger partial charge on any atom is 0.309 e. The van der Waals surface area contributed by atoms with E-state index in [0.29, 0.717) is 0 Å². The van der Waals surface area contributed by atoms with E-state index in [1.807, 2.05) is 6.08 Å². The Kier molecular flexibility index (Phi) is 5.73. The van der Waals surface area contributed by atoms with Gasteiger partial charge in [-0.25, -0.2) is 0 Å². The monoisotopic (exact) mass is 238 g/mol. The van der Waals surface area contributed by atoms with E-state index in [1.165, 1.54) is 12.8 Å². The number of hydrogen-bond acceptors (Lipinski definition) is 1. The van der Waals surface area contributed by atoms with E-state index in [2.05, 4.69) is 13.5 Å². The summed E-state index contributed by atoms with van der Waals surface area (Å²) in [7, 11) is 0. The number of unbranched alkanes of at least 4 members (excludes halogenated alkanes) is 1. The van der Waals surface area contributed by atoms with Crippen molar-refractivity contribution < 1.29 is 9.90 Å². The van der Waals surface area contributed by atoms with Gasteiger partial charge in [-0.3, -0.25) is 4.79 Å². The van der Waals surface area contributed by atoms with Crippen LogP contribution in [0.3, 0.4) is 0 Å². The van der Waals surface area contributed by atoms with Crippen LogP contribution in [0, 0.1) is 11.3 Å². The molecule has 1 N–H and O–H groups in total. The van der Waals surface area contributed by atoms with E-state index in [4.69, 9.17) is 0 Å². The Bertz CT molecular complexity index is 250. The van der Waals surface area contributed by atoms with Crippen molar-refractivity contribution in [3.05, 3.63) is 12.7 Å².